The fraction of sp³-hybridized carbons (Fsp3) is 0.280. The molecule has 1 heterocycles. The predicted octanol–water partition coefficient (Wildman–Crippen LogP) is 2.49. The summed E-state index contributed by atoms with van der Waals surface area (Å²) in [5.74, 6) is 1.13. The Morgan fingerprint density at radius 3 is 2.21 bits per heavy atom. The normalized spacial score (nSPS) is 11.0. The summed E-state index contributed by atoms with van der Waals surface area (Å²) < 4.78 is 2.07. The monoisotopic (exact) mass is 469 g/mol. The van der Waals surface area contributed by atoms with Crippen molar-refractivity contribution in [3.05, 3.63) is 95.8 Å². The van der Waals surface area contributed by atoms with Crippen LogP contribution in [-0.4, -0.2) is 11.5 Å². The van der Waals surface area contributed by atoms with Crippen LogP contribution in [0.5, 0.6) is 0 Å². The summed E-state index contributed by atoms with van der Waals surface area (Å²) >= 11 is 1.86. The number of halogens is 1. The Morgan fingerprint density at radius 1 is 0.897 bits per heavy atom. The van der Waals surface area contributed by atoms with Gasteiger partial charge in [-0.2, -0.15) is 4.57 Å². The van der Waals surface area contributed by atoms with Crippen LogP contribution in [0.4, 0.5) is 0 Å². The van der Waals surface area contributed by atoms with Gasteiger partial charge in [-0.25, -0.2) is 0 Å². The Balaban J connectivity index is 0.00000300. The van der Waals surface area contributed by atoms with E-state index in [0.29, 0.717) is 6.54 Å². The number of Topliss-reactive ketones (excluding diaryl/α,β-unsaturated/α-hetero) is 1. The smallest absolute Gasteiger partial charge is 0.227 e. The van der Waals surface area contributed by atoms with E-state index in [2.05, 4.69) is 55.7 Å². The SMILES string of the molecule is CC(C)(C)c1ccc(SCCc2cccc[n+]2CC(=O)c2ccccc2)cc1.[Br-]. The van der Waals surface area contributed by atoms with Gasteiger partial charge in [0.15, 0.2) is 11.9 Å². The molecule has 0 bridgehead atoms. The standard InChI is InChI=1S/C25H28NOS.BrH/c1-25(2,3)21-12-14-23(15-13-21)28-18-16-22-11-7-8-17-26(22)19-24(27)20-9-5-4-6-10-20;/h4-15,17H,16,18-19H2,1-3H3;1H/q+1;/p-1. The molecule has 0 aliphatic carbocycles. The van der Waals surface area contributed by atoms with Crippen molar-refractivity contribution in [3.8, 4) is 0 Å². The van der Waals surface area contributed by atoms with Gasteiger partial charge >= 0.3 is 0 Å². The van der Waals surface area contributed by atoms with Crippen LogP contribution in [0.15, 0.2) is 83.9 Å². The molecule has 4 heteroatoms. The topological polar surface area (TPSA) is 20.9 Å². The molecule has 0 fully saturated rings. The second-order valence-electron chi connectivity index (χ2n) is 7.98. The van der Waals surface area contributed by atoms with Gasteiger partial charge in [-0.15, -0.1) is 11.8 Å². The second-order valence-corrected chi connectivity index (χ2v) is 9.15. The third-order valence-corrected chi connectivity index (χ3v) is 5.81. The predicted molar refractivity (Wildman–Crippen MR) is 117 cm³/mol. The molecule has 152 valence electrons. The zero-order valence-corrected chi connectivity index (χ0v) is 19.7. The lowest BCUT2D eigenvalue weighted by molar-refractivity contribution is -0.690. The van der Waals surface area contributed by atoms with Gasteiger partial charge in [0.05, 0.1) is 0 Å². The van der Waals surface area contributed by atoms with Crippen molar-refractivity contribution in [3.63, 3.8) is 0 Å². The van der Waals surface area contributed by atoms with Gasteiger partial charge in [0.25, 0.3) is 0 Å². The van der Waals surface area contributed by atoms with Crippen LogP contribution in [0.3, 0.4) is 0 Å². The fourth-order valence-electron chi connectivity index (χ4n) is 3.09. The number of nitrogens with zero attached hydrogens (tertiary/aromatic N) is 1. The molecule has 0 spiro atoms. The van der Waals surface area contributed by atoms with Crippen molar-refractivity contribution in [2.75, 3.05) is 5.75 Å². The summed E-state index contributed by atoms with van der Waals surface area (Å²) in [5, 5.41) is 0. The highest BCUT2D eigenvalue weighted by molar-refractivity contribution is 7.99. The largest absolute Gasteiger partial charge is 1.00 e. The molecule has 0 radical (unpaired) electrons. The number of pyridine rings is 1. The van der Waals surface area contributed by atoms with Crippen molar-refractivity contribution >= 4 is 17.5 Å². The molecule has 0 atom stereocenters. The molecule has 0 N–H and O–H groups in total. The van der Waals surface area contributed by atoms with Crippen molar-refractivity contribution in [2.24, 2.45) is 0 Å². The molecule has 3 aromatic rings. The lowest BCUT2D eigenvalue weighted by Gasteiger charge is -2.19. The van der Waals surface area contributed by atoms with E-state index in [0.717, 1.165) is 17.7 Å². The minimum atomic E-state index is 0. The summed E-state index contributed by atoms with van der Waals surface area (Å²) in [5.41, 5.74) is 3.49. The Kier molecular flexibility index (Phi) is 8.66. The quantitative estimate of drug-likeness (QED) is 0.301. The highest BCUT2D eigenvalue weighted by Crippen LogP contribution is 2.25. The first-order valence-corrected chi connectivity index (χ1v) is 10.7. The number of ketones is 1. The van der Waals surface area contributed by atoms with Crippen LogP contribution in [0.1, 0.15) is 42.4 Å². The Bertz CT molecular complexity index is 918. The lowest BCUT2D eigenvalue weighted by Crippen LogP contribution is -3.00. The Hall–Kier alpha value is -1.91. The number of hydrogen-bond acceptors (Lipinski definition) is 2. The maximum atomic E-state index is 12.5. The van der Waals surface area contributed by atoms with Gasteiger partial charge < -0.3 is 17.0 Å². The van der Waals surface area contributed by atoms with Gasteiger partial charge in [0.2, 0.25) is 12.3 Å². The molecule has 0 amide bonds. The van der Waals surface area contributed by atoms with Gasteiger partial charge in [0, 0.05) is 34.8 Å². The molecule has 3 rings (SSSR count). The van der Waals surface area contributed by atoms with Crippen LogP contribution in [0.25, 0.3) is 0 Å². The fourth-order valence-corrected chi connectivity index (χ4v) is 3.96. The number of rotatable bonds is 7. The molecule has 0 saturated heterocycles. The van der Waals surface area contributed by atoms with E-state index in [1.54, 1.807) is 0 Å². The number of aryl methyl sites for hydroxylation is 1. The molecule has 0 saturated carbocycles. The molecule has 0 aliphatic rings. The van der Waals surface area contributed by atoms with E-state index < -0.39 is 0 Å². The van der Waals surface area contributed by atoms with E-state index in [1.165, 1.54) is 16.2 Å². The molecular weight excluding hydrogens is 442 g/mol. The molecule has 0 unspecified atom stereocenters. The van der Waals surface area contributed by atoms with Crippen LogP contribution in [-0.2, 0) is 18.4 Å². The zero-order chi connectivity index (χ0) is 20.0. The van der Waals surface area contributed by atoms with Gasteiger partial charge in [-0.05, 0) is 23.1 Å². The lowest BCUT2D eigenvalue weighted by atomic mass is 9.87. The Labute approximate surface area is 189 Å². The number of benzene rings is 2. The maximum absolute atomic E-state index is 12.5. The van der Waals surface area contributed by atoms with Gasteiger partial charge in [-0.1, -0.05) is 69.3 Å². The molecule has 0 aliphatic heterocycles. The third-order valence-electron chi connectivity index (χ3n) is 4.79. The summed E-state index contributed by atoms with van der Waals surface area (Å²) in [4.78, 5) is 13.8. The van der Waals surface area contributed by atoms with Crippen molar-refractivity contribution in [2.45, 2.75) is 44.0 Å². The van der Waals surface area contributed by atoms with E-state index in [9.17, 15) is 4.79 Å². The number of carbonyl (C=O) groups excluding carboxylic acids is 1. The summed E-state index contributed by atoms with van der Waals surface area (Å²) in [7, 11) is 0. The van der Waals surface area contributed by atoms with Crippen LogP contribution < -0.4 is 21.5 Å². The van der Waals surface area contributed by atoms with Crippen molar-refractivity contribution in [1.29, 1.82) is 0 Å². The summed E-state index contributed by atoms with van der Waals surface area (Å²) in [6.45, 7) is 7.09. The Morgan fingerprint density at radius 2 is 1.55 bits per heavy atom. The highest BCUT2D eigenvalue weighted by Gasteiger charge is 2.16. The first-order valence-electron chi connectivity index (χ1n) is 9.72. The van der Waals surface area contributed by atoms with Crippen LogP contribution in [0, 0.1) is 0 Å². The van der Waals surface area contributed by atoms with Crippen LogP contribution in [0.2, 0.25) is 0 Å². The average molecular weight is 470 g/mol. The first kappa shape index (κ1) is 23.4. The molecule has 1 aromatic heterocycles. The number of thioether (sulfide) groups is 1. The minimum absolute atomic E-state index is 0. The van der Waals surface area contributed by atoms with E-state index in [4.69, 9.17) is 0 Å². The number of carbonyl (C=O) groups is 1. The zero-order valence-electron chi connectivity index (χ0n) is 17.3. The van der Waals surface area contributed by atoms with Crippen molar-refractivity contribution < 1.29 is 26.3 Å². The average Bonchev–Trinajstić information content (AvgIpc) is 2.69. The number of hydrogen-bond donors (Lipinski definition) is 0. The van der Waals surface area contributed by atoms with Gasteiger partial charge in [-0.3, -0.25) is 4.79 Å². The second kappa shape index (κ2) is 10.7. The molecule has 29 heavy (non-hydrogen) atoms. The van der Waals surface area contributed by atoms with Crippen molar-refractivity contribution in [1.82, 2.24) is 0 Å². The van der Waals surface area contributed by atoms with Gasteiger partial charge in [0.1, 0.15) is 0 Å². The minimum Gasteiger partial charge on any atom is -1.00 e. The van der Waals surface area contributed by atoms with E-state index in [-0.39, 0.29) is 28.2 Å². The highest BCUT2D eigenvalue weighted by atomic mass is 79.9. The van der Waals surface area contributed by atoms with E-state index in [1.807, 2.05) is 60.4 Å². The maximum Gasteiger partial charge on any atom is 0.227 e. The molecule has 2 aromatic carbocycles. The van der Waals surface area contributed by atoms with Crippen LogP contribution >= 0.6 is 11.8 Å². The number of aromatic nitrogens is 1. The summed E-state index contributed by atoms with van der Waals surface area (Å²) in [6.07, 6.45) is 2.92. The molecular formula is C25H28BrNOS. The third kappa shape index (κ3) is 6.83. The summed E-state index contributed by atoms with van der Waals surface area (Å²) in [6, 6.07) is 24.5. The van der Waals surface area contributed by atoms with E-state index >= 15 is 0 Å². The first-order chi connectivity index (χ1) is 13.4. The molecule has 2 nitrogen and oxygen atoms in total.